The number of aryl methyl sites for hydroxylation is 1. The molecule has 0 amide bonds. The highest BCUT2D eigenvalue weighted by atomic mass is 19.1. The summed E-state index contributed by atoms with van der Waals surface area (Å²) in [5.74, 6) is -1.51. The highest BCUT2D eigenvalue weighted by molar-refractivity contribution is 5.27. The average molecular weight is 252 g/mol. The van der Waals surface area contributed by atoms with E-state index in [1.807, 2.05) is 0 Å². The van der Waals surface area contributed by atoms with E-state index < -0.39 is 11.6 Å². The minimum Gasteiger partial charge on any atom is -0.424 e. The van der Waals surface area contributed by atoms with Gasteiger partial charge >= 0.3 is 6.01 Å². The molecule has 0 unspecified atom stereocenters. The molecule has 0 bridgehead atoms. The molecule has 0 spiro atoms. The van der Waals surface area contributed by atoms with E-state index in [9.17, 15) is 8.78 Å². The number of nitrogens with zero attached hydrogens (tertiary/aromatic N) is 2. The smallest absolute Gasteiger partial charge is 0.322 e. The quantitative estimate of drug-likeness (QED) is 0.911. The van der Waals surface area contributed by atoms with Crippen LogP contribution in [0.2, 0.25) is 0 Å². The lowest BCUT2D eigenvalue weighted by molar-refractivity contribution is 0.279. The van der Waals surface area contributed by atoms with Crippen molar-refractivity contribution in [1.29, 1.82) is 0 Å². The Balaban J connectivity index is 2.25. The molecule has 0 radical (unpaired) electrons. The predicted molar refractivity (Wildman–Crippen MR) is 59.1 cm³/mol. The van der Waals surface area contributed by atoms with E-state index in [4.69, 9.17) is 9.84 Å². The van der Waals surface area contributed by atoms with Crippen LogP contribution in [0.1, 0.15) is 11.3 Å². The number of rotatable bonds is 3. The number of aliphatic hydroxyl groups is 1. The van der Waals surface area contributed by atoms with Crippen LogP contribution in [0.25, 0.3) is 0 Å². The van der Waals surface area contributed by atoms with E-state index in [0.29, 0.717) is 11.3 Å². The summed E-state index contributed by atoms with van der Waals surface area (Å²) >= 11 is 0. The van der Waals surface area contributed by atoms with E-state index in [1.165, 1.54) is 6.20 Å². The van der Waals surface area contributed by atoms with Gasteiger partial charge in [0.05, 0.1) is 12.3 Å². The Kier molecular flexibility index (Phi) is 3.47. The summed E-state index contributed by atoms with van der Waals surface area (Å²) in [5, 5.41) is 8.95. The standard InChI is InChI=1S/C12H10F2N2O2/c1-7-8(6-17)5-15-12(16-7)18-11-3-9(13)2-10(14)4-11/h2-5,17H,6H2,1H3. The van der Waals surface area contributed by atoms with Gasteiger partial charge in [0, 0.05) is 30.0 Å². The van der Waals surface area contributed by atoms with Gasteiger partial charge in [-0.2, -0.15) is 4.98 Å². The fraction of sp³-hybridized carbons (Fsp3) is 0.167. The SMILES string of the molecule is Cc1nc(Oc2cc(F)cc(F)c2)ncc1CO. The van der Waals surface area contributed by atoms with Gasteiger partial charge in [0.1, 0.15) is 17.4 Å². The van der Waals surface area contributed by atoms with Gasteiger partial charge in [-0.3, -0.25) is 0 Å². The number of aromatic nitrogens is 2. The Bertz CT molecular complexity index is 556. The van der Waals surface area contributed by atoms with E-state index in [2.05, 4.69) is 9.97 Å². The molecule has 0 atom stereocenters. The molecule has 6 heteroatoms. The normalized spacial score (nSPS) is 10.4. The fourth-order valence-electron chi connectivity index (χ4n) is 1.37. The number of aliphatic hydroxyl groups excluding tert-OH is 1. The highest BCUT2D eigenvalue weighted by Gasteiger charge is 2.07. The number of halogens is 2. The number of hydrogen-bond donors (Lipinski definition) is 1. The maximum atomic E-state index is 12.9. The largest absolute Gasteiger partial charge is 0.424 e. The van der Waals surface area contributed by atoms with Crippen molar-refractivity contribution in [3.05, 3.63) is 47.3 Å². The lowest BCUT2D eigenvalue weighted by Gasteiger charge is -2.06. The molecule has 0 saturated heterocycles. The highest BCUT2D eigenvalue weighted by Crippen LogP contribution is 2.21. The molecule has 0 saturated carbocycles. The Morgan fingerprint density at radius 1 is 1.22 bits per heavy atom. The van der Waals surface area contributed by atoms with Crippen LogP contribution in [0.5, 0.6) is 11.8 Å². The van der Waals surface area contributed by atoms with Crippen molar-refractivity contribution in [1.82, 2.24) is 9.97 Å². The third-order valence-electron chi connectivity index (χ3n) is 2.27. The van der Waals surface area contributed by atoms with Crippen molar-refractivity contribution in [2.75, 3.05) is 0 Å². The van der Waals surface area contributed by atoms with Crippen LogP contribution >= 0.6 is 0 Å². The minimum atomic E-state index is -0.742. The van der Waals surface area contributed by atoms with Gasteiger partial charge < -0.3 is 9.84 Å². The summed E-state index contributed by atoms with van der Waals surface area (Å²) in [6, 6.07) is 2.77. The third-order valence-corrected chi connectivity index (χ3v) is 2.27. The zero-order chi connectivity index (χ0) is 13.1. The van der Waals surface area contributed by atoms with Gasteiger partial charge in [0.15, 0.2) is 0 Å². The van der Waals surface area contributed by atoms with E-state index in [1.54, 1.807) is 6.92 Å². The number of benzene rings is 1. The molecule has 0 fully saturated rings. The van der Waals surface area contributed by atoms with Gasteiger partial charge in [-0.05, 0) is 6.92 Å². The molecule has 0 aliphatic rings. The first-order valence-corrected chi connectivity index (χ1v) is 5.16. The molecular formula is C12H10F2N2O2. The molecule has 1 aromatic carbocycles. The molecule has 2 aromatic rings. The van der Waals surface area contributed by atoms with Crippen LogP contribution in [0, 0.1) is 18.6 Å². The van der Waals surface area contributed by atoms with Crippen LogP contribution in [0.4, 0.5) is 8.78 Å². The van der Waals surface area contributed by atoms with Crippen molar-refractivity contribution in [3.63, 3.8) is 0 Å². The molecular weight excluding hydrogens is 242 g/mol. The van der Waals surface area contributed by atoms with Crippen LogP contribution in [0.3, 0.4) is 0 Å². The maximum absolute atomic E-state index is 12.9. The summed E-state index contributed by atoms with van der Waals surface area (Å²) in [5.41, 5.74) is 1.10. The van der Waals surface area contributed by atoms with E-state index in [0.717, 1.165) is 18.2 Å². The Morgan fingerprint density at radius 2 is 1.89 bits per heavy atom. The maximum Gasteiger partial charge on any atom is 0.322 e. The first-order chi connectivity index (χ1) is 8.58. The van der Waals surface area contributed by atoms with Gasteiger partial charge in [-0.25, -0.2) is 13.8 Å². The van der Waals surface area contributed by atoms with Crippen molar-refractivity contribution in [2.45, 2.75) is 13.5 Å². The second-order valence-corrected chi connectivity index (χ2v) is 3.63. The third kappa shape index (κ3) is 2.78. The van der Waals surface area contributed by atoms with Crippen LogP contribution in [-0.2, 0) is 6.61 Å². The Morgan fingerprint density at radius 3 is 2.44 bits per heavy atom. The second kappa shape index (κ2) is 5.05. The zero-order valence-electron chi connectivity index (χ0n) is 9.52. The van der Waals surface area contributed by atoms with E-state index in [-0.39, 0.29) is 18.4 Å². The summed E-state index contributed by atoms with van der Waals surface area (Å²) in [7, 11) is 0. The summed E-state index contributed by atoms with van der Waals surface area (Å²) in [4.78, 5) is 7.79. The minimum absolute atomic E-state index is 0.0244. The first kappa shape index (κ1) is 12.4. The number of hydrogen-bond acceptors (Lipinski definition) is 4. The van der Waals surface area contributed by atoms with Crippen molar-refractivity contribution in [2.24, 2.45) is 0 Å². The Hall–Kier alpha value is -2.08. The molecule has 0 aliphatic heterocycles. The van der Waals surface area contributed by atoms with Crippen molar-refractivity contribution < 1.29 is 18.6 Å². The topological polar surface area (TPSA) is 55.2 Å². The summed E-state index contributed by atoms with van der Waals surface area (Å²) < 4.78 is 31.0. The molecule has 4 nitrogen and oxygen atoms in total. The van der Waals surface area contributed by atoms with Crippen molar-refractivity contribution in [3.8, 4) is 11.8 Å². The summed E-state index contributed by atoms with van der Waals surface area (Å²) in [6.07, 6.45) is 1.40. The monoisotopic (exact) mass is 252 g/mol. The molecule has 1 N–H and O–H groups in total. The fourth-order valence-corrected chi connectivity index (χ4v) is 1.37. The lowest BCUT2D eigenvalue weighted by atomic mass is 10.3. The Labute approximate surface area is 102 Å². The van der Waals surface area contributed by atoms with Crippen LogP contribution in [-0.4, -0.2) is 15.1 Å². The van der Waals surface area contributed by atoms with Gasteiger partial charge in [-0.15, -0.1) is 0 Å². The molecule has 1 aromatic heterocycles. The van der Waals surface area contributed by atoms with Crippen LogP contribution in [0.15, 0.2) is 24.4 Å². The molecule has 94 valence electrons. The molecule has 0 aliphatic carbocycles. The van der Waals surface area contributed by atoms with Gasteiger partial charge in [0.2, 0.25) is 0 Å². The lowest BCUT2D eigenvalue weighted by Crippen LogP contribution is -1.98. The summed E-state index contributed by atoms with van der Waals surface area (Å²) in [6.45, 7) is 1.49. The first-order valence-electron chi connectivity index (χ1n) is 5.16. The number of ether oxygens (including phenoxy) is 1. The van der Waals surface area contributed by atoms with E-state index >= 15 is 0 Å². The molecule has 18 heavy (non-hydrogen) atoms. The molecule has 1 heterocycles. The predicted octanol–water partition coefficient (Wildman–Crippen LogP) is 2.35. The second-order valence-electron chi connectivity index (χ2n) is 3.63. The zero-order valence-corrected chi connectivity index (χ0v) is 9.52. The molecule has 2 rings (SSSR count). The van der Waals surface area contributed by atoms with Crippen molar-refractivity contribution >= 4 is 0 Å². The van der Waals surface area contributed by atoms with Gasteiger partial charge in [-0.1, -0.05) is 0 Å². The van der Waals surface area contributed by atoms with Gasteiger partial charge in [0.25, 0.3) is 0 Å². The van der Waals surface area contributed by atoms with Crippen LogP contribution < -0.4 is 4.74 Å². The average Bonchev–Trinajstić information content (AvgIpc) is 2.27.